The molecule has 5 rings (SSSR count). The van der Waals surface area contributed by atoms with Crippen LogP contribution in [0.15, 0.2) is 60.0 Å². The zero-order valence-electron chi connectivity index (χ0n) is 19.9. The van der Waals surface area contributed by atoms with E-state index < -0.39 is 0 Å². The van der Waals surface area contributed by atoms with Gasteiger partial charge in [0.2, 0.25) is 11.8 Å². The Morgan fingerprint density at radius 1 is 1.03 bits per heavy atom. The van der Waals surface area contributed by atoms with Gasteiger partial charge in [-0.1, -0.05) is 29.8 Å². The highest BCUT2D eigenvalue weighted by Crippen LogP contribution is 2.28. The topological polar surface area (TPSA) is 76.1 Å². The van der Waals surface area contributed by atoms with Gasteiger partial charge in [0, 0.05) is 49.0 Å². The zero-order valence-corrected chi connectivity index (χ0v) is 21.5. The van der Waals surface area contributed by atoms with Crippen LogP contribution in [0.4, 0.5) is 11.4 Å². The summed E-state index contributed by atoms with van der Waals surface area (Å²) in [5, 5.41) is 14.7. The van der Waals surface area contributed by atoms with Crippen LogP contribution in [0.25, 0.3) is 10.4 Å². The minimum absolute atomic E-state index is 0.0203. The molecule has 1 atom stereocenters. The van der Waals surface area contributed by atoms with E-state index in [0.29, 0.717) is 38.3 Å². The van der Waals surface area contributed by atoms with Gasteiger partial charge in [-0.3, -0.25) is 14.5 Å². The number of hydrogen-bond acceptors (Lipinski definition) is 6. The van der Waals surface area contributed by atoms with Gasteiger partial charge in [0.1, 0.15) is 5.75 Å². The van der Waals surface area contributed by atoms with Gasteiger partial charge in [-0.15, -0.1) is 11.3 Å². The first-order chi connectivity index (χ1) is 17.5. The van der Waals surface area contributed by atoms with E-state index in [-0.39, 0.29) is 28.5 Å². The van der Waals surface area contributed by atoms with Crippen molar-refractivity contribution >= 4 is 46.1 Å². The summed E-state index contributed by atoms with van der Waals surface area (Å²) in [7, 11) is 0. The number of phenolic OH excluding ortho intramolecular Hbond substituents is 1. The van der Waals surface area contributed by atoms with Crippen molar-refractivity contribution < 1.29 is 14.7 Å². The van der Waals surface area contributed by atoms with Crippen molar-refractivity contribution in [3.63, 3.8) is 0 Å². The van der Waals surface area contributed by atoms with Crippen molar-refractivity contribution in [2.45, 2.75) is 6.42 Å². The van der Waals surface area contributed by atoms with Crippen molar-refractivity contribution in [1.29, 1.82) is 0 Å². The van der Waals surface area contributed by atoms with E-state index in [2.05, 4.69) is 56.9 Å². The summed E-state index contributed by atoms with van der Waals surface area (Å²) in [6, 6.07) is 17.4. The van der Waals surface area contributed by atoms with E-state index >= 15 is 0 Å². The van der Waals surface area contributed by atoms with Crippen LogP contribution in [0.2, 0.25) is 5.02 Å². The number of carbonyl (C=O) groups is 2. The maximum Gasteiger partial charge on any atom is 0.236 e. The van der Waals surface area contributed by atoms with Gasteiger partial charge in [-0.05, 0) is 60.3 Å². The fourth-order valence-electron chi connectivity index (χ4n) is 4.80. The van der Waals surface area contributed by atoms with Gasteiger partial charge in [0.15, 0.2) is 0 Å². The predicted octanol–water partition coefficient (Wildman–Crippen LogP) is 4.38. The molecule has 188 valence electrons. The minimum Gasteiger partial charge on any atom is -0.506 e. The fourth-order valence-corrected chi connectivity index (χ4v) is 5.72. The van der Waals surface area contributed by atoms with Gasteiger partial charge in [0.25, 0.3) is 0 Å². The van der Waals surface area contributed by atoms with E-state index in [1.165, 1.54) is 28.3 Å². The number of phenols is 1. The number of hydrogen-bond donors (Lipinski definition) is 2. The van der Waals surface area contributed by atoms with Crippen molar-refractivity contribution in [1.82, 2.24) is 9.80 Å². The van der Waals surface area contributed by atoms with Crippen LogP contribution in [0.5, 0.6) is 5.75 Å². The molecule has 3 aromatic rings. The molecule has 2 amide bonds. The maximum absolute atomic E-state index is 12.9. The molecule has 3 heterocycles. The third-order valence-corrected chi connectivity index (χ3v) is 8.11. The molecule has 0 spiro atoms. The quantitative estimate of drug-likeness (QED) is 0.468. The number of nitrogens with zero attached hydrogens (tertiary/aromatic N) is 3. The average molecular weight is 525 g/mol. The molecule has 2 N–H and O–H groups in total. The Morgan fingerprint density at radius 2 is 1.81 bits per heavy atom. The van der Waals surface area contributed by atoms with Crippen LogP contribution in [-0.2, 0) is 9.59 Å². The SMILES string of the molecule is O=C(Nc1ccc(O)c(Cl)c1)[C@@H]1CCN(CC(=O)N2CCN(c3ccc(-c4cccs4)cc3)CC2)C1. The van der Waals surface area contributed by atoms with E-state index in [1.807, 2.05) is 4.90 Å². The van der Waals surface area contributed by atoms with Gasteiger partial charge < -0.3 is 20.2 Å². The third-order valence-electron chi connectivity index (χ3n) is 6.89. The summed E-state index contributed by atoms with van der Waals surface area (Å²) < 4.78 is 0. The first kappa shape index (κ1) is 24.6. The summed E-state index contributed by atoms with van der Waals surface area (Å²) in [6.45, 7) is 4.63. The van der Waals surface area contributed by atoms with Gasteiger partial charge in [0.05, 0.1) is 17.5 Å². The number of rotatable bonds is 6. The largest absolute Gasteiger partial charge is 0.506 e. The fraction of sp³-hybridized carbons (Fsp3) is 0.333. The molecular weight excluding hydrogens is 496 g/mol. The number of carbonyl (C=O) groups excluding carboxylic acids is 2. The monoisotopic (exact) mass is 524 g/mol. The molecule has 0 radical (unpaired) electrons. The molecule has 7 nitrogen and oxygen atoms in total. The van der Waals surface area contributed by atoms with Crippen LogP contribution in [0.1, 0.15) is 6.42 Å². The molecular formula is C27H29ClN4O3S. The standard InChI is InChI=1S/C27H29ClN4O3S/c28-23-16-21(5-8-24(23)33)29-27(35)20-9-10-30(17-20)18-26(34)32-13-11-31(12-14-32)22-6-3-19(4-7-22)25-2-1-15-36-25/h1-8,15-16,20,33H,9-14,17-18H2,(H,29,35)/t20-/m1/s1. The lowest BCUT2D eigenvalue weighted by Crippen LogP contribution is -2.51. The molecule has 0 saturated carbocycles. The molecule has 0 aliphatic carbocycles. The summed E-state index contributed by atoms with van der Waals surface area (Å²) in [4.78, 5) is 33.2. The van der Waals surface area contributed by atoms with Crippen LogP contribution in [0, 0.1) is 5.92 Å². The highest BCUT2D eigenvalue weighted by atomic mass is 35.5. The molecule has 36 heavy (non-hydrogen) atoms. The molecule has 2 saturated heterocycles. The molecule has 2 aromatic carbocycles. The Bertz CT molecular complexity index is 1210. The molecule has 9 heteroatoms. The number of thiophene rings is 1. The maximum atomic E-state index is 12.9. The second-order valence-electron chi connectivity index (χ2n) is 9.27. The van der Waals surface area contributed by atoms with E-state index in [1.54, 1.807) is 17.4 Å². The lowest BCUT2D eigenvalue weighted by molar-refractivity contribution is -0.132. The smallest absolute Gasteiger partial charge is 0.236 e. The summed E-state index contributed by atoms with van der Waals surface area (Å²) in [6.07, 6.45) is 0.709. The molecule has 2 aliphatic heterocycles. The second-order valence-corrected chi connectivity index (χ2v) is 10.6. The average Bonchev–Trinajstić information content (AvgIpc) is 3.59. The van der Waals surface area contributed by atoms with Gasteiger partial charge >= 0.3 is 0 Å². The summed E-state index contributed by atoms with van der Waals surface area (Å²) in [5.41, 5.74) is 2.97. The number of amides is 2. The van der Waals surface area contributed by atoms with Crippen molar-refractivity contribution in [2.75, 3.05) is 56.0 Å². The number of likely N-dealkylation sites (tertiary alicyclic amines) is 1. The molecule has 2 fully saturated rings. The van der Waals surface area contributed by atoms with E-state index in [0.717, 1.165) is 19.6 Å². The number of anilines is 2. The third kappa shape index (κ3) is 5.67. The van der Waals surface area contributed by atoms with Crippen LogP contribution >= 0.6 is 22.9 Å². The van der Waals surface area contributed by atoms with Gasteiger partial charge in [-0.2, -0.15) is 0 Å². The van der Waals surface area contributed by atoms with Crippen molar-refractivity contribution in [3.8, 4) is 16.2 Å². The van der Waals surface area contributed by atoms with Crippen LogP contribution < -0.4 is 10.2 Å². The van der Waals surface area contributed by atoms with E-state index in [4.69, 9.17) is 11.6 Å². The molecule has 0 bridgehead atoms. The minimum atomic E-state index is -0.181. The van der Waals surface area contributed by atoms with Crippen molar-refractivity contribution in [2.24, 2.45) is 5.92 Å². The number of benzene rings is 2. The zero-order chi connectivity index (χ0) is 25.1. The lowest BCUT2D eigenvalue weighted by Gasteiger charge is -2.36. The molecule has 2 aliphatic rings. The van der Waals surface area contributed by atoms with Crippen LogP contribution in [-0.4, -0.2) is 72.5 Å². The molecule has 0 unspecified atom stereocenters. The summed E-state index contributed by atoms with van der Waals surface area (Å²) in [5.74, 6) is -0.174. The second kappa shape index (κ2) is 10.9. The summed E-state index contributed by atoms with van der Waals surface area (Å²) >= 11 is 7.67. The number of aromatic hydroxyl groups is 1. The predicted molar refractivity (Wildman–Crippen MR) is 145 cm³/mol. The van der Waals surface area contributed by atoms with Gasteiger partial charge in [-0.25, -0.2) is 0 Å². The highest BCUT2D eigenvalue weighted by Gasteiger charge is 2.31. The Balaban J connectivity index is 1.07. The first-order valence-electron chi connectivity index (χ1n) is 12.1. The number of nitrogens with one attached hydrogen (secondary N) is 1. The highest BCUT2D eigenvalue weighted by molar-refractivity contribution is 7.13. The van der Waals surface area contributed by atoms with E-state index in [9.17, 15) is 14.7 Å². The first-order valence-corrected chi connectivity index (χ1v) is 13.4. The Kier molecular flexibility index (Phi) is 7.46. The molecule has 1 aromatic heterocycles. The Morgan fingerprint density at radius 3 is 2.50 bits per heavy atom. The number of piperazine rings is 1. The number of halogens is 1. The lowest BCUT2D eigenvalue weighted by atomic mass is 10.1. The normalized spacial score (nSPS) is 18.4. The van der Waals surface area contributed by atoms with Crippen LogP contribution in [0.3, 0.4) is 0 Å². The Hall–Kier alpha value is -3.07. The van der Waals surface area contributed by atoms with Crippen molar-refractivity contribution in [3.05, 3.63) is 65.0 Å². The Labute approximate surface area is 219 Å².